The molecule has 0 bridgehead atoms. The van der Waals surface area contributed by atoms with Crippen LogP contribution in [0, 0.1) is 11.3 Å². The van der Waals surface area contributed by atoms with Crippen LogP contribution >= 0.6 is 0 Å². The number of likely N-dealkylation sites (N-methyl/N-ethyl adjacent to an activating group) is 1. The van der Waals surface area contributed by atoms with Crippen LogP contribution in [-0.2, 0) is 26.0 Å². The Bertz CT molecular complexity index is 587. The minimum Gasteiger partial charge on any atom is -0.468 e. The van der Waals surface area contributed by atoms with Crippen molar-refractivity contribution in [1.82, 2.24) is 4.31 Å². The first-order valence-electron chi connectivity index (χ1n) is 5.41. The highest BCUT2D eigenvalue weighted by Gasteiger charge is 2.22. The molecule has 0 radical (unpaired) electrons. The van der Waals surface area contributed by atoms with Gasteiger partial charge in [-0.2, -0.15) is 9.57 Å². The zero-order valence-electron chi connectivity index (χ0n) is 10.7. The van der Waals surface area contributed by atoms with Crippen molar-refractivity contribution in [3.05, 3.63) is 29.8 Å². The molecule has 1 aromatic rings. The van der Waals surface area contributed by atoms with Gasteiger partial charge in [0.25, 0.3) is 0 Å². The van der Waals surface area contributed by atoms with Gasteiger partial charge in [-0.05, 0) is 17.7 Å². The molecule has 1 rings (SSSR count). The number of hydrogen-bond acceptors (Lipinski definition) is 5. The maximum absolute atomic E-state index is 12.1. The number of ether oxygens (including phenoxy) is 1. The van der Waals surface area contributed by atoms with E-state index in [0.29, 0.717) is 0 Å². The van der Waals surface area contributed by atoms with E-state index in [4.69, 9.17) is 5.26 Å². The molecule has 0 amide bonds. The first-order valence-corrected chi connectivity index (χ1v) is 6.85. The molecule has 0 aliphatic carbocycles. The minimum atomic E-state index is -3.73. The number of benzene rings is 1. The van der Waals surface area contributed by atoms with Crippen molar-refractivity contribution in [2.24, 2.45) is 0 Å². The standard InChI is InChI=1S/C12H14N2O4S/c1-14(9-12(15)18-2)19(16,17)11-5-3-10(4-6-11)7-8-13/h3-6H,7,9H2,1-2H3. The number of carbonyl (C=O) groups excluding carboxylic acids is 1. The van der Waals surface area contributed by atoms with Crippen molar-refractivity contribution in [1.29, 1.82) is 5.26 Å². The first-order chi connectivity index (χ1) is 8.91. The Labute approximate surface area is 112 Å². The van der Waals surface area contributed by atoms with E-state index >= 15 is 0 Å². The molecule has 7 heteroatoms. The largest absolute Gasteiger partial charge is 0.468 e. The van der Waals surface area contributed by atoms with Crippen LogP contribution in [0.2, 0.25) is 0 Å². The Kier molecular flexibility index (Phi) is 5.03. The second-order valence-corrected chi connectivity index (χ2v) is 5.86. The molecular weight excluding hydrogens is 268 g/mol. The molecule has 0 spiro atoms. The lowest BCUT2D eigenvalue weighted by molar-refractivity contribution is -0.140. The summed E-state index contributed by atoms with van der Waals surface area (Å²) >= 11 is 0. The van der Waals surface area contributed by atoms with Gasteiger partial charge in [0.1, 0.15) is 6.54 Å². The molecular formula is C12H14N2O4S. The van der Waals surface area contributed by atoms with Gasteiger partial charge in [-0.25, -0.2) is 8.42 Å². The third-order valence-electron chi connectivity index (χ3n) is 2.49. The monoisotopic (exact) mass is 282 g/mol. The lowest BCUT2D eigenvalue weighted by atomic mass is 10.2. The van der Waals surface area contributed by atoms with Crippen molar-refractivity contribution in [2.75, 3.05) is 20.7 Å². The lowest BCUT2D eigenvalue weighted by Crippen LogP contribution is -2.32. The van der Waals surface area contributed by atoms with Crippen LogP contribution in [-0.4, -0.2) is 39.4 Å². The van der Waals surface area contributed by atoms with Gasteiger partial charge < -0.3 is 4.74 Å². The summed E-state index contributed by atoms with van der Waals surface area (Å²) in [5, 5.41) is 8.54. The quantitative estimate of drug-likeness (QED) is 0.736. The van der Waals surface area contributed by atoms with E-state index in [2.05, 4.69) is 4.74 Å². The van der Waals surface area contributed by atoms with Crippen LogP contribution in [0.1, 0.15) is 5.56 Å². The van der Waals surface area contributed by atoms with Gasteiger partial charge in [0.15, 0.2) is 0 Å². The molecule has 0 saturated heterocycles. The average molecular weight is 282 g/mol. The fraction of sp³-hybridized carbons (Fsp3) is 0.333. The van der Waals surface area contributed by atoms with E-state index in [0.717, 1.165) is 9.87 Å². The van der Waals surface area contributed by atoms with Gasteiger partial charge in [-0.3, -0.25) is 4.79 Å². The normalized spacial score (nSPS) is 11.1. The van der Waals surface area contributed by atoms with Crippen molar-refractivity contribution >= 4 is 16.0 Å². The molecule has 0 aromatic heterocycles. The number of nitriles is 1. The molecule has 0 unspecified atom stereocenters. The summed E-state index contributed by atoms with van der Waals surface area (Å²) in [6.07, 6.45) is 0.221. The third-order valence-corrected chi connectivity index (χ3v) is 4.31. The molecule has 102 valence electrons. The van der Waals surface area contributed by atoms with Crippen molar-refractivity contribution in [2.45, 2.75) is 11.3 Å². The summed E-state index contributed by atoms with van der Waals surface area (Å²) in [4.78, 5) is 11.1. The zero-order valence-corrected chi connectivity index (χ0v) is 11.5. The lowest BCUT2D eigenvalue weighted by Gasteiger charge is -2.15. The minimum absolute atomic E-state index is 0.0700. The Balaban J connectivity index is 2.94. The maximum Gasteiger partial charge on any atom is 0.321 e. The van der Waals surface area contributed by atoms with Crippen LogP contribution < -0.4 is 0 Å². The molecule has 1 aromatic carbocycles. The summed E-state index contributed by atoms with van der Waals surface area (Å²) in [5.74, 6) is -0.632. The van der Waals surface area contributed by atoms with Crippen molar-refractivity contribution in [3.63, 3.8) is 0 Å². The van der Waals surface area contributed by atoms with Crippen LogP contribution in [0.4, 0.5) is 0 Å². The van der Waals surface area contributed by atoms with Gasteiger partial charge in [-0.15, -0.1) is 0 Å². The summed E-state index contributed by atoms with van der Waals surface area (Å²) < 4.78 is 29.5. The van der Waals surface area contributed by atoms with Crippen LogP contribution in [0.15, 0.2) is 29.2 Å². The number of rotatable bonds is 5. The maximum atomic E-state index is 12.1. The Morgan fingerprint density at radius 2 is 1.95 bits per heavy atom. The number of nitrogens with zero attached hydrogens (tertiary/aromatic N) is 2. The molecule has 6 nitrogen and oxygen atoms in total. The highest BCUT2D eigenvalue weighted by atomic mass is 32.2. The highest BCUT2D eigenvalue weighted by Crippen LogP contribution is 2.15. The van der Waals surface area contributed by atoms with Crippen LogP contribution in [0.25, 0.3) is 0 Å². The average Bonchev–Trinajstić information content (AvgIpc) is 2.39. The van der Waals surface area contributed by atoms with Crippen LogP contribution in [0.3, 0.4) is 0 Å². The molecule has 0 heterocycles. The summed E-state index contributed by atoms with van der Waals surface area (Å²) in [6.45, 7) is -0.348. The topological polar surface area (TPSA) is 87.5 Å². The van der Waals surface area contributed by atoms with Crippen molar-refractivity contribution in [3.8, 4) is 6.07 Å². The number of esters is 1. The summed E-state index contributed by atoms with van der Waals surface area (Å²) in [6, 6.07) is 7.95. The van der Waals surface area contributed by atoms with E-state index in [9.17, 15) is 13.2 Å². The predicted octanol–water partition coefficient (Wildman–Crippen LogP) is 0.546. The first kappa shape index (κ1) is 15.1. The van der Waals surface area contributed by atoms with E-state index in [1.54, 1.807) is 12.1 Å². The number of methoxy groups -OCH3 is 1. The Morgan fingerprint density at radius 3 is 2.42 bits per heavy atom. The van der Waals surface area contributed by atoms with Gasteiger partial charge in [-0.1, -0.05) is 12.1 Å². The summed E-state index contributed by atoms with van der Waals surface area (Å²) in [5.41, 5.74) is 0.733. The van der Waals surface area contributed by atoms with E-state index in [1.807, 2.05) is 6.07 Å². The molecule has 0 saturated carbocycles. The van der Waals surface area contributed by atoms with Gasteiger partial charge in [0.05, 0.1) is 24.5 Å². The molecule has 19 heavy (non-hydrogen) atoms. The molecule has 0 N–H and O–H groups in total. The second kappa shape index (κ2) is 6.31. The van der Waals surface area contributed by atoms with Gasteiger partial charge >= 0.3 is 5.97 Å². The molecule has 0 aliphatic rings. The van der Waals surface area contributed by atoms with E-state index in [1.165, 1.54) is 26.3 Å². The fourth-order valence-corrected chi connectivity index (χ4v) is 2.50. The SMILES string of the molecule is COC(=O)CN(C)S(=O)(=O)c1ccc(CC#N)cc1. The van der Waals surface area contributed by atoms with Crippen molar-refractivity contribution < 1.29 is 17.9 Å². The molecule has 0 atom stereocenters. The Hall–Kier alpha value is -1.91. The molecule has 0 fully saturated rings. The van der Waals surface area contributed by atoms with Gasteiger partial charge in [0, 0.05) is 7.05 Å². The van der Waals surface area contributed by atoms with Crippen LogP contribution in [0.5, 0.6) is 0 Å². The number of carbonyl (C=O) groups is 1. The predicted molar refractivity (Wildman–Crippen MR) is 67.6 cm³/mol. The highest BCUT2D eigenvalue weighted by molar-refractivity contribution is 7.89. The molecule has 0 aliphatic heterocycles. The van der Waals surface area contributed by atoms with Gasteiger partial charge in [0.2, 0.25) is 10.0 Å². The van der Waals surface area contributed by atoms with E-state index < -0.39 is 16.0 Å². The Morgan fingerprint density at radius 1 is 1.37 bits per heavy atom. The fourth-order valence-electron chi connectivity index (χ4n) is 1.38. The number of sulfonamides is 1. The zero-order chi connectivity index (χ0) is 14.5. The smallest absolute Gasteiger partial charge is 0.321 e. The number of hydrogen-bond donors (Lipinski definition) is 0. The third kappa shape index (κ3) is 3.77. The summed E-state index contributed by atoms with van der Waals surface area (Å²) in [7, 11) is -1.23. The second-order valence-electron chi connectivity index (χ2n) is 3.82. The van der Waals surface area contributed by atoms with E-state index in [-0.39, 0.29) is 17.9 Å².